The Bertz CT molecular complexity index is 662. The van der Waals surface area contributed by atoms with Gasteiger partial charge < -0.3 is 15.7 Å². The van der Waals surface area contributed by atoms with Gasteiger partial charge in [-0.25, -0.2) is 4.98 Å². The molecule has 116 valence electrons. The first kappa shape index (κ1) is 15.5. The first-order chi connectivity index (χ1) is 10.3. The Balaban J connectivity index is 2.31. The van der Waals surface area contributed by atoms with E-state index in [4.69, 9.17) is 5.11 Å². The summed E-state index contributed by atoms with van der Waals surface area (Å²) < 4.78 is 38.5. The highest BCUT2D eigenvalue weighted by Gasteiger charge is 2.33. The Morgan fingerprint density at radius 1 is 1.18 bits per heavy atom. The Hall–Kier alpha value is -2.84. The number of carboxylic acids is 1. The topological polar surface area (TPSA) is 87.1 Å². The predicted octanol–water partition coefficient (Wildman–Crippen LogP) is 2.74. The van der Waals surface area contributed by atoms with Crippen molar-refractivity contribution < 1.29 is 23.1 Å². The van der Waals surface area contributed by atoms with Crippen LogP contribution in [-0.4, -0.2) is 27.6 Å². The molecule has 0 saturated carbocycles. The molecule has 0 saturated heterocycles. The minimum atomic E-state index is -4.67. The summed E-state index contributed by atoms with van der Waals surface area (Å²) >= 11 is 0. The Kier molecular flexibility index (Phi) is 4.44. The first-order valence-electron chi connectivity index (χ1n) is 6.08. The van der Waals surface area contributed by atoms with E-state index in [1.165, 1.54) is 0 Å². The second-order valence-electron chi connectivity index (χ2n) is 4.20. The second-order valence-corrected chi connectivity index (χ2v) is 4.20. The molecule has 0 aliphatic heterocycles. The predicted molar refractivity (Wildman–Crippen MR) is 72.9 cm³/mol. The van der Waals surface area contributed by atoms with Crippen LogP contribution in [0.25, 0.3) is 0 Å². The highest BCUT2D eigenvalue weighted by Crippen LogP contribution is 2.30. The van der Waals surface area contributed by atoms with E-state index in [2.05, 4.69) is 20.6 Å². The summed E-state index contributed by atoms with van der Waals surface area (Å²) in [7, 11) is 0. The molecular weight excluding hydrogens is 301 g/mol. The van der Waals surface area contributed by atoms with Gasteiger partial charge in [0.25, 0.3) is 0 Å². The molecule has 2 aromatic rings. The summed E-state index contributed by atoms with van der Waals surface area (Å²) in [5.74, 6) is -1.75. The summed E-state index contributed by atoms with van der Waals surface area (Å²) in [5, 5.41) is 13.5. The lowest BCUT2D eigenvalue weighted by Crippen LogP contribution is -2.17. The van der Waals surface area contributed by atoms with E-state index in [0.29, 0.717) is 5.69 Å². The van der Waals surface area contributed by atoms with Gasteiger partial charge in [0.2, 0.25) is 5.95 Å². The number of rotatable bonds is 5. The lowest BCUT2D eigenvalue weighted by Gasteiger charge is -2.12. The van der Waals surface area contributed by atoms with Crippen LogP contribution in [0.5, 0.6) is 0 Å². The maximum Gasteiger partial charge on any atom is 0.433 e. The molecule has 9 heteroatoms. The Morgan fingerprint density at radius 3 is 2.45 bits per heavy atom. The van der Waals surface area contributed by atoms with Crippen LogP contribution >= 0.6 is 0 Å². The molecule has 3 N–H and O–H groups in total. The quantitative estimate of drug-likeness (QED) is 0.787. The molecule has 0 unspecified atom stereocenters. The van der Waals surface area contributed by atoms with Gasteiger partial charge in [0.05, 0.1) is 0 Å². The smallest absolute Gasteiger partial charge is 0.433 e. The average molecular weight is 312 g/mol. The van der Waals surface area contributed by atoms with E-state index in [-0.39, 0.29) is 5.82 Å². The molecule has 22 heavy (non-hydrogen) atoms. The average Bonchev–Trinajstić information content (AvgIpc) is 2.45. The van der Waals surface area contributed by atoms with E-state index in [1.54, 1.807) is 30.3 Å². The number of nitrogens with zero attached hydrogens (tertiary/aromatic N) is 2. The maximum absolute atomic E-state index is 12.8. The fraction of sp³-hybridized carbons (Fsp3) is 0.154. The van der Waals surface area contributed by atoms with Crippen molar-refractivity contribution in [1.29, 1.82) is 0 Å². The Morgan fingerprint density at radius 2 is 1.86 bits per heavy atom. The number of nitrogens with one attached hydrogen (secondary N) is 2. The number of benzene rings is 1. The number of para-hydroxylation sites is 1. The SMILES string of the molecule is O=C(O)CNc1nc(Nc2ccccc2)cc(C(F)(F)F)n1. The summed E-state index contributed by atoms with van der Waals surface area (Å²) in [6, 6.07) is 9.22. The molecule has 0 fully saturated rings. The van der Waals surface area contributed by atoms with Gasteiger partial charge in [-0.2, -0.15) is 18.2 Å². The van der Waals surface area contributed by atoms with Crippen molar-refractivity contribution in [2.45, 2.75) is 6.18 Å². The van der Waals surface area contributed by atoms with Crippen molar-refractivity contribution in [3.05, 3.63) is 42.1 Å². The molecule has 0 aliphatic rings. The number of halogens is 3. The van der Waals surface area contributed by atoms with Gasteiger partial charge in [0, 0.05) is 11.8 Å². The summed E-state index contributed by atoms with van der Waals surface area (Å²) in [6.45, 7) is -0.591. The van der Waals surface area contributed by atoms with Crippen LogP contribution < -0.4 is 10.6 Å². The maximum atomic E-state index is 12.8. The molecule has 0 amide bonds. The van der Waals surface area contributed by atoms with Crippen LogP contribution in [0.1, 0.15) is 5.69 Å². The number of alkyl halides is 3. The lowest BCUT2D eigenvalue weighted by atomic mass is 10.3. The van der Waals surface area contributed by atoms with Gasteiger partial charge in [0.15, 0.2) is 5.69 Å². The molecule has 6 nitrogen and oxygen atoms in total. The molecule has 2 rings (SSSR count). The summed E-state index contributed by atoms with van der Waals surface area (Å²) in [4.78, 5) is 17.6. The number of hydrogen-bond donors (Lipinski definition) is 3. The Labute approximate surface area is 123 Å². The summed E-state index contributed by atoms with van der Waals surface area (Å²) in [6.07, 6.45) is -4.67. The third kappa shape index (κ3) is 4.33. The van der Waals surface area contributed by atoms with Crippen molar-refractivity contribution in [3.8, 4) is 0 Å². The van der Waals surface area contributed by atoms with Crippen LogP contribution in [0.3, 0.4) is 0 Å². The van der Waals surface area contributed by atoms with Gasteiger partial charge in [-0.05, 0) is 12.1 Å². The normalized spacial score (nSPS) is 11.0. The molecule has 0 bridgehead atoms. The van der Waals surface area contributed by atoms with Crippen LogP contribution in [0.15, 0.2) is 36.4 Å². The highest BCUT2D eigenvalue weighted by molar-refractivity contribution is 5.72. The molecule has 1 aromatic heterocycles. The van der Waals surface area contributed by atoms with Gasteiger partial charge in [0.1, 0.15) is 12.4 Å². The molecule has 0 aliphatic carbocycles. The standard InChI is InChI=1S/C13H11F3N4O2/c14-13(15,16)9-6-10(18-8-4-2-1-3-5-8)20-12(19-9)17-7-11(21)22/h1-6H,7H2,(H,21,22)(H2,17,18,19,20). The molecular formula is C13H11F3N4O2. The second kappa shape index (κ2) is 6.29. The van der Waals surface area contributed by atoms with Gasteiger partial charge in [-0.1, -0.05) is 18.2 Å². The third-order valence-electron chi connectivity index (χ3n) is 2.46. The van der Waals surface area contributed by atoms with Crippen LogP contribution in [0, 0.1) is 0 Å². The zero-order chi connectivity index (χ0) is 16.2. The van der Waals surface area contributed by atoms with Crippen LogP contribution in [0.2, 0.25) is 0 Å². The third-order valence-corrected chi connectivity index (χ3v) is 2.46. The zero-order valence-corrected chi connectivity index (χ0v) is 11.1. The fourth-order valence-corrected chi connectivity index (χ4v) is 1.56. The lowest BCUT2D eigenvalue weighted by molar-refractivity contribution is -0.141. The van der Waals surface area contributed by atoms with E-state index >= 15 is 0 Å². The number of anilines is 3. The largest absolute Gasteiger partial charge is 0.480 e. The van der Waals surface area contributed by atoms with E-state index in [0.717, 1.165) is 6.07 Å². The zero-order valence-electron chi connectivity index (χ0n) is 11.1. The van der Waals surface area contributed by atoms with E-state index in [9.17, 15) is 18.0 Å². The first-order valence-corrected chi connectivity index (χ1v) is 6.08. The van der Waals surface area contributed by atoms with Crippen LogP contribution in [0.4, 0.5) is 30.6 Å². The number of carboxylic acid groups (broad SMARTS) is 1. The van der Waals surface area contributed by atoms with Crippen LogP contribution in [-0.2, 0) is 11.0 Å². The van der Waals surface area contributed by atoms with E-state index < -0.39 is 30.3 Å². The van der Waals surface area contributed by atoms with Crippen molar-refractivity contribution >= 4 is 23.4 Å². The summed E-state index contributed by atoms with van der Waals surface area (Å²) in [5.41, 5.74) is -0.632. The van der Waals surface area contributed by atoms with Crippen molar-refractivity contribution in [1.82, 2.24) is 9.97 Å². The molecule has 0 spiro atoms. The molecule has 1 heterocycles. The van der Waals surface area contributed by atoms with Gasteiger partial charge in [-0.15, -0.1) is 0 Å². The monoisotopic (exact) mass is 312 g/mol. The molecule has 0 radical (unpaired) electrons. The number of hydrogen-bond acceptors (Lipinski definition) is 5. The van der Waals surface area contributed by atoms with Crippen molar-refractivity contribution in [2.75, 3.05) is 17.2 Å². The van der Waals surface area contributed by atoms with Crippen molar-refractivity contribution in [2.24, 2.45) is 0 Å². The van der Waals surface area contributed by atoms with Crippen molar-refractivity contribution in [3.63, 3.8) is 0 Å². The fourth-order valence-electron chi connectivity index (χ4n) is 1.56. The number of aromatic nitrogens is 2. The highest BCUT2D eigenvalue weighted by atomic mass is 19.4. The minimum Gasteiger partial charge on any atom is -0.480 e. The van der Waals surface area contributed by atoms with Gasteiger partial charge >= 0.3 is 12.1 Å². The molecule has 0 atom stereocenters. The molecule has 1 aromatic carbocycles. The number of carbonyl (C=O) groups is 1. The van der Waals surface area contributed by atoms with E-state index in [1.807, 2.05) is 0 Å². The minimum absolute atomic E-state index is 0.0959. The number of aliphatic carboxylic acids is 1. The van der Waals surface area contributed by atoms with Gasteiger partial charge in [-0.3, -0.25) is 4.79 Å².